The fourth-order valence-corrected chi connectivity index (χ4v) is 3.92. The molecule has 138 valence electrons. The Labute approximate surface area is 149 Å². The van der Waals surface area contributed by atoms with E-state index in [1.165, 1.54) is 7.11 Å². The summed E-state index contributed by atoms with van der Waals surface area (Å²) in [5, 5.41) is 0. The van der Waals surface area contributed by atoms with Gasteiger partial charge in [0, 0.05) is 50.6 Å². The molecule has 0 bridgehead atoms. The molecule has 1 aliphatic heterocycles. The molecule has 1 aromatic carbocycles. The van der Waals surface area contributed by atoms with Crippen LogP contribution in [0.15, 0.2) is 24.3 Å². The predicted octanol–water partition coefficient (Wildman–Crippen LogP) is 1.13. The number of carbonyl (C=O) groups is 1. The second-order valence-electron chi connectivity index (χ2n) is 6.55. The molecule has 1 N–H and O–H groups in total. The molecule has 1 amide bonds. The normalized spacial score (nSPS) is 18.3. The number of amides is 1. The molecule has 0 unspecified atom stereocenters. The molecule has 2 aliphatic rings. The Morgan fingerprint density at radius 2 is 1.80 bits per heavy atom. The summed E-state index contributed by atoms with van der Waals surface area (Å²) in [7, 11) is -1.91. The van der Waals surface area contributed by atoms with Crippen LogP contribution in [0.5, 0.6) is 0 Å². The maximum atomic E-state index is 12.1. The van der Waals surface area contributed by atoms with Gasteiger partial charge < -0.3 is 14.5 Å². The van der Waals surface area contributed by atoms with E-state index < -0.39 is 10.0 Å². The first-order valence-corrected chi connectivity index (χ1v) is 10.3. The third-order valence-corrected chi connectivity index (χ3v) is 5.83. The van der Waals surface area contributed by atoms with E-state index in [0.29, 0.717) is 11.6 Å². The van der Waals surface area contributed by atoms with Crippen LogP contribution in [0.25, 0.3) is 0 Å². The van der Waals surface area contributed by atoms with Gasteiger partial charge in [-0.1, -0.05) is 0 Å². The molecule has 0 aromatic heterocycles. The highest BCUT2D eigenvalue weighted by Gasteiger charge is 2.34. The first-order chi connectivity index (χ1) is 12.0. The Bertz CT molecular complexity index is 693. The van der Waals surface area contributed by atoms with E-state index in [1.807, 2.05) is 17.0 Å². The van der Waals surface area contributed by atoms with E-state index in [0.717, 1.165) is 44.7 Å². The van der Waals surface area contributed by atoms with Crippen molar-refractivity contribution >= 4 is 27.3 Å². The Kier molecular flexibility index (Phi) is 5.48. The van der Waals surface area contributed by atoms with Crippen molar-refractivity contribution in [2.45, 2.75) is 12.8 Å². The van der Waals surface area contributed by atoms with Gasteiger partial charge >= 0.3 is 0 Å². The molecule has 2 fully saturated rings. The average molecular weight is 367 g/mol. The van der Waals surface area contributed by atoms with Crippen molar-refractivity contribution in [1.82, 2.24) is 4.90 Å². The quantitative estimate of drug-likeness (QED) is 0.782. The maximum absolute atomic E-state index is 12.1. The minimum absolute atomic E-state index is 0.0672. The highest BCUT2D eigenvalue weighted by molar-refractivity contribution is 7.92. The second kappa shape index (κ2) is 7.61. The van der Waals surface area contributed by atoms with E-state index in [9.17, 15) is 13.2 Å². The van der Waals surface area contributed by atoms with Gasteiger partial charge in [0.1, 0.15) is 0 Å². The number of rotatable bonds is 7. The van der Waals surface area contributed by atoms with Crippen LogP contribution < -0.4 is 9.62 Å². The first-order valence-electron chi connectivity index (χ1n) is 8.62. The van der Waals surface area contributed by atoms with E-state index in [2.05, 4.69) is 9.62 Å². The van der Waals surface area contributed by atoms with Gasteiger partial charge in [0.05, 0.1) is 12.4 Å². The second-order valence-corrected chi connectivity index (χ2v) is 8.39. The maximum Gasteiger partial charge on any atom is 0.234 e. The minimum Gasteiger partial charge on any atom is -0.384 e. The highest BCUT2D eigenvalue weighted by atomic mass is 32.2. The lowest BCUT2D eigenvalue weighted by molar-refractivity contribution is -0.132. The van der Waals surface area contributed by atoms with Crippen LogP contribution in [0.2, 0.25) is 0 Å². The van der Waals surface area contributed by atoms with E-state index >= 15 is 0 Å². The summed E-state index contributed by atoms with van der Waals surface area (Å²) < 4.78 is 31.1. The van der Waals surface area contributed by atoms with Crippen LogP contribution in [-0.4, -0.2) is 64.9 Å². The van der Waals surface area contributed by atoms with Crippen molar-refractivity contribution < 1.29 is 17.9 Å². The Hall–Kier alpha value is -1.80. The van der Waals surface area contributed by atoms with Crippen molar-refractivity contribution in [2.75, 3.05) is 55.3 Å². The number of methoxy groups -OCH3 is 1. The number of carbonyl (C=O) groups excluding carboxylic acids is 1. The zero-order valence-corrected chi connectivity index (χ0v) is 15.3. The summed E-state index contributed by atoms with van der Waals surface area (Å²) in [6, 6.07) is 7.35. The van der Waals surface area contributed by atoms with Crippen molar-refractivity contribution in [1.29, 1.82) is 0 Å². The molecule has 1 aromatic rings. The van der Waals surface area contributed by atoms with Gasteiger partial charge in [-0.05, 0) is 37.1 Å². The van der Waals surface area contributed by atoms with Crippen LogP contribution in [-0.2, 0) is 19.6 Å². The summed E-state index contributed by atoms with van der Waals surface area (Å²) in [6.45, 7) is 3.27. The summed E-state index contributed by atoms with van der Waals surface area (Å²) >= 11 is 0. The van der Waals surface area contributed by atoms with Crippen molar-refractivity contribution in [2.24, 2.45) is 5.92 Å². The molecule has 1 saturated heterocycles. The van der Waals surface area contributed by atoms with Crippen LogP contribution in [0.3, 0.4) is 0 Å². The zero-order valence-electron chi connectivity index (χ0n) is 14.5. The molecule has 1 aliphatic carbocycles. The Balaban J connectivity index is 1.53. The zero-order chi connectivity index (χ0) is 17.9. The molecule has 7 nitrogen and oxygen atoms in total. The number of nitrogens with zero attached hydrogens (tertiary/aromatic N) is 2. The van der Waals surface area contributed by atoms with Gasteiger partial charge in [-0.2, -0.15) is 0 Å². The monoisotopic (exact) mass is 367 g/mol. The molecule has 8 heteroatoms. The van der Waals surface area contributed by atoms with Crippen LogP contribution in [0.4, 0.5) is 11.4 Å². The average Bonchev–Trinajstić information content (AvgIpc) is 3.45. The Morgan fingerprint density at radius 3 is 2.36 bits per heavy atom. The van der Waals surface area contributed by atoms with Gasteiger partial charge in [-0.15, -0.1) is 0 Å². The third-order valence-electron chi connectivity index (χ3n) is 4.58. The topological polar surface area (TPSA) is 79.0 Å². The minimum atomic E-state index is -3.39. The molecule has 1 heterocycles. The molecule has 0 radical (unpaired) electrons. The fourth-order valence-electron chi connectivity index (χ4n) is 2.94. The van der Waals surface area contributed by atoms with Gasteiger partial charge in [-0.25, -0.2) is 8.42 Å². The van der Waals surface area contributed by atoms with Gasteiger partial charge in [-0.3, -0.25) is 9.52 Å². The van der Waals surface area contributed by atoms with Crippen LogP contribution >= 0.6 is 0 Å². The van der Waals surface area contributed by atoms with E-state index in [1.54, 1.807) is 12.1 Å². The number of nitrogens with one attached hydrogen (secondary N) is 1. The summed E-state index contributed by atoms with van der Waals surface area (Å²) in [5.74, 6) is 0.514. The van der Waals surface area contributed by atoms with Gasteiger partial charge in [0.25, 0.3) is 0 Å². The summed E-state index contributed by atoms with van der Waals surface area (Å²) in [5.41, 5.74) is 1.58. The summed E-state index contributed by atoms with van der Waals surface area (Å²) in [6.07, 6.45) is 2.08. The Morgan fingerprint density at radius 1 is 1.16 bits per heavy atom. The number of hydrogen-bond acceptors (Lipinski definition) is 5. The van der Waals surface area contributed by atoms with Gasteiger partial charge in [0.15, 0.2) is 0 Å². The standard InChI is InChI=1S/C17H25N3O4S/c1-24-12-13-25(22,23)18-15-4-6-16(7-5-15)19-8-10-20(11-9-19)17(21)14-2-3-14/h4-7,14,18H,2-3,8-13H2,1H3. The molecule has 1 saturated carbocycles. The lowest BCUT2D eigenvalue weighted by Gasteiger charge is -2.36. The third kappa shape index (κ3) is 4.85. The fraction of sp³-hybridized carbons (Fsp3) is 0.588. The number of hydrogen-bond donors (Lipinski definition) is 1. The predicted molar refractivity (Wildman–Crippen MR) is 97.2 cm³/mol. The lowest BCUT2D eigenvalue weighted by atomic mass is 10.2. The van der Waals surface area contributed by atoms with Crippen molar-refractivity contribution in [3.63, 3.8) is 0 Å². The first kappa shape index (κ1) is 18.0. The highest BCUT2D eigenvalue weighted by Crippen LogP contribution is 2.31. The molecule has 0 spiro atoms. The number of anilines is 2. The summed E-state index contributed by atoms with van der Waals surface area (Å²) in [4.78, 5) is 16.3. The lowest BCUT2D eigenvalue weighted by Crippen LogP contribution is -2.49. The molecule has 0 atom stereocenters. The molecule has 25 heavy (non-hydrogen) atoms. The van der Waals surface area contributed by atoms with E-state index in [-0.39, 0.29) is 18.3 Å². The van der Waals surface area contributed by atoms with Crippen LogP contribution in [0.1, 0.15) is 12.8 Å². The molecular weight excluding hydrogens is 342 g/mol. The number of ether oxygens (including phenoxy) is 1. The van der Waals surface area contributed by atoms with Gasteiger partial charge in [0.2, 0.25) is 15.9 Å². The number of piperazine rings is 1. The largest absolute Gasteiger partial charge is 0.384 e. The number of benzene rings is 1. The van der Waals surface area contributed by atoms with Crippen LogP contribution in [0, 0.1) is 5.92 Å². The number of sulfonamides is 1. The molecule has 3 rings (SSSR count). The van der Waals surface area contributed by atoms with E-state index in [4.69, 9.17) is 4.74 Å². The van der Waals surface area contributed by atoms with Crippen molar-refractivity contribution in [3.8, 4) is 0 Å². The SMILES string of the molecule is COCCS(=O)(=O)Nc1ccc(N2CCN(C(=O)C3CC3)CC2)cc1. The smallest absolute Gasteiger partial charge is 0.234 e. The van der Waals surface area contributed by atoms with Crippen molar-refractivity contribution in [3.05, 3.63) is 24.3 Å². The molecular formula is C17H25N3O4S.